The average Bonchev–Trinajstić information content (AvgIpc) is 2.73. The van der Waals surface area contributed by atoms with Crippen LogP contribution >= 0.6 is 0 Å². The summed E-state index contributed by atoms with van der Waals surface area (Å²) >= 11 is 0. The number of amides is 1. The van der Waals surface area contributed by atoms with Crippen LogP contribution in [0.3, 0.4) is 0 Å². The second-order valence-corrected chi connectivity index (χ2v) is 6.96. The van der Waals surface area contributed by atoms with Crippen molar-refractivity contribution in [2.24, 2.45) is 0 Å². The topological polar surface area (TPSA) is 36.4 Å². The molecule has 4 nitrogen and oxygen atoms in total. The van der Waals surface area contributed by atoms with Gasteiger partial charge < -0.3 is 9.80 Å². The van der Waals surface area contributed by atoms with E-state index in [-0.39, 0.29) is 12.4 Å². The molecule has 0 saturated heterocycles. The molecule has 0 fully saturated rings. The van der Waals surface area contributed by atoms with Crippen LogP contribution < -0.4 is 9.80 Å². The van der Waals surface area contributed by atoms with Gasteiger partial charge in [0.1, 0.15) is 5.82 Å². The summed E-state index contributed by atoms with van der Waals surface area (Å²) in [7, 11) is 3.96. The van der Waals surface area contributed by atoms with E-state index in [4.69, 9.17) is 0 Å². The Morgan fingerprint density at radius 1 is 0.966 bits per heavy atom. The monoisotopic (exact) mass is 389 g/mol. The number of carbonyl (C=O) groups is 1. The smallest absolute Gasteiger partial charge is 0.214 e. The number of nitrogens with zero attached hydrogens (tertiary/aromatic N) is 3. The van der Waals surface area contributed by atoms with Crippen molar-refractivity contribution in [2.45, 2.75) is 13.5 Å². The fourth-order valence-electron chi connectivity index (χ4n) is 3.07. The van der Waals surface area contributed by atoms with Crippen molar-refractivity contribution in [1.82, 2.24) is 4.98 Å². The maximum absolute atomic E-state index is 14.8. The second kappa shape index (κ2) is 9.15. The lowest BCUT2D eigenvalue weighted by Gasteiger charge is -2.18. The predicted octanol–water partition coefficient (Wildman–Crippen LogP) is 5.15. The Bertz CT molecular complexity index is 1010. The summed E-state index contributed by atoms with van der Waals surface area (Å²) in [6, 6.07) is 14.9. The molecular weight excluding hydrogens is 365 g/mol. The van der Waals surface area contributed by atoms with Gasteiger partial charge in [-0.05, 0) is 47.9 Å². The number of rotatable bonds is 7. The number of pyridine rings is 1. The van der Waals surface area contributed by atoms with Crippen LogP contribution in [0, 0.1) is 5.82 Å². The summed E-state index contributed by atoms with van der Waals surface area (Å²) in [6.45, 7) is 2.05. The minimum atomic E-state index is -0.344. The van der Waals surface area contributed by atoms with E-state index < -0.39 is 0 Å². The summed E-state index contributed by atoms with van der Waals surface area (Å²) in [5, 5.41) is 0. The molecule has 0 bridgehead atoms. The van der Waals surface area contributed by atoms with Gasteiger partial charge in [0.05, 0.1) is 18.4 Å². The van der Waals surface area contributed by atoms with Crippen molar-refractivity contribution in [3.63, 3.8) is 0 Å². The number of hydrogen-bond donors (Lipinski definition) is 0. The van der Waals surface area contributed by atoms with Crippen LogP contribution in [0.2, 0.25) is 0 Å². The number of aromatic nitrogens is 1. The van der Waals surface area contributed by atoms with Gasteiger partial charge in [0.25, 0.3) is 0 Å². The molecule has 1 aromatic heterocycles. The molecule has 0 spiro atoms. The van der Waals surface area contributed by atoms with Gasteiger partial charge in [-0.1, -0.05) is 36.4 Å². The zero-order valence-electron chi connectivity index (χ0n) is 16.8. The highest BCUT2D eigenvalue weighted by Gasteiger charge is 2.12. The first-order valence-corrected chi connectivity index (χ1v) is 9.37. The Hall–Kier alpha value is -3.47. The molecule has 2 aromatic carbocycles. The number of benzene rings is 2. The first-order valence-electron chi connectivity index (χ1n) is 9.37. The molecular formula is C24H24FN3O. The standard InChI is InChI=1S/C24H24FN3O/c1-4-5-18-12-23(15-26-14-18)28(17-29)16-21-7-6-20(13-24(21)25)19-8-10-22(11-9-19)27(2)3/h4-15,17H,16H2,1-3H3/b5-4+. The lowest BCUT2D eigenvalue weighted by molar-refractivity contribution is -0.107. The van der Waals surface area contributed by atoms with Crippen LogP contribution in [0.25, 0.3) is 17.2 Å². The van der Waals surface area contributed by atoms with E-state index in [0.29, 0.717) is 17.7 Å². The van der Waals surface area contributed by atoms with E-state index in [1.807, 2.05) is 74.5 Å². The van der Waals surface area contributed by atoms with Crippen molar-refractivity contribution in [1.29, 1.82) is 0 Å². The first kappa shape index (κ1) is 20.3. The number of halogens is 1. The Balaban J connectivity index is 1.82. The normalized spacial score (nSPS) is 10.9. The van der Waals surface area contributed by atoms with E-state index in [0.717, 1.165) is 22.4 Å². The van der Waals surface area contributed by atoms with Crippen molar-refractivity contribution < 1.29 is 9.18 Å². The Morgan fingerprint density at radius 3 is 2.31 bits per heavy atom. The number of anilines is 2. The summed E-state index contributed by atoms with van der Waals surface area (Å²) < 4.78 is 14.8. The average molecular weight is 389 g/mol. The third-order valence-corrected chi connectivity index (χ3v) is 4.67. The zero-order valence-corrected chi connectivity index (χ0v) is 16.8. The fourth-order valence-corrected chi connectivity index (χ4v) is 3.07. The van der Waals surface area contributed by atoms with E-state index in [1.54, 1.807) is 18.5 Å². The molecule has 0 unspecified atom stereocenters. The van der Waals surface area contributed by atoms with Crippen LogP contribution in [0.5, 0.6) is 0 Å². The lowest BCUT2D eigenvalue weighted by Crippen LogP contribution is -2.21. The maximum Gasteiger partial charge on any atom is 0.214 e. The summed E-state index contributed by atoms with van der Waals surface area (Å²) in [6.07, 6.45) is 7.80. The molecule has 0 radical (unpaired) electrons. The molecule has 1 heterocycles. The first-order chi connectivity index (χ1) is 14.0. The Labute approximate surface area is 170 Å². The van der Waals surface area contributed by atoms with Crippen molar-refractivity contribution in [3.05, 3.63) is 83.9 Å². The molecule has 0 aliphatic rings. The van der Waals surface area contributed by atoms with Crippen molar-refractivity contribution in [3.8, 4) is 11.1 Å². The minimum absolute atomic E-state index is 0.135. The van der Waals surface area contributed by atoms with Crippen molar-refractivity contribution in [2.75, 3.05) is 23.9 Å². The highest BCUT2D eigenvalue weighted by Crippen LogP contribution is 2.26. The highest BCUT2D eigenvalue weighted by molar-refractivity contribution is 5.76. The molecule has 0 aliphatic carbocycles. The van der Waals surface area contributed by atoms with Crippen LogP contribution in [0.1, 0.15) is 18.1 Å². The minimum Gasteiger partial charge on any atom is -0.378 e. The molecule has 1 amide bonds. The summed E-state index contributed by atoms with van der Waals surface area (Å²) in [5.74, 6) is -0.344. The van der Waals surface area contributed by atoms with Gasteiger partial charge in [0.15, 0.2) is 0 Å². The highest BCUT2D eigenvalue weighted by atomic mass is 19.1. The molecule has 3 aromatic rings. The molecule has 0 N–H and O–H groups in total. The maximum atomic E-state index is 14.8. The number of allylic oxidation sites excluding steroid dienone is 1. The van der Waals surface area contributed by atoms with Gasteiger partial charge >= 0.3 is 0 Å². The van der Waals surface area contributed by atoms with E-state index in [1.165, 1.54) is 11.0 Å². The van der Waals surface area contributed by atoms with E-state index in [2.05, 4.69) is 4.98 Å². The SMILES string of the molecule is C/C=C/c1cncc(N(C=O)Cc2ccc(-c3ccc(N(C)C)cc3)cc2F)c1. The number of hydrogen-bond acceptors (Lipinski definition) is 3. The molecule has 0 aliphatic heterocycles. The fraction of sp³-hybridized carbons (Fsp3) is 0.167. The molecule has 148 valence electrons. The van der Waals surface area contributed by atoms with Crippen LogP contribution in [0.15, 0.2) is 67.0 Å². The molecule has 5 heteroatoms. The van der Waals surface area contributed by atoms with Gasteiger partial charge in [-0.15, -0.1) is 0 Å². The third-order valence-electron chi connectivity index (χ3n) is 4.67. The second-order valence-electron chi connectivity index (χ2n) is 6.96. The largest absolute Gasteiger partial charge is 0.378 e. The Kier molecular flexibility index (Phi) is 6.39. The van der Waals surface area contributed by atoms with Crippen LogP contribution in [-0.2, 0) is 11.3 Å². The summed E-state index contributed by atoms with van der Waals surface area (Å²) in [5.41, 5.74) is 4.78. The molecule has 0 saturated carbocycles. The molecule has 3 rings (SSSR count). The number of carbonyl (C=O) groups excluding carboxylic acids is 1. The summed E-state index contributed by atoms with van der Waals surface area (Å²) in [4.78, 5) is 19.2. The van der Waals surface area contributed by atoms with Crippen LogP contribution in [0.4, 0.5) is 15.8 Å². The van der Waals surface area contributed by atoms with Gasteiger partial charge in [0, 0.05) is 31.5 Å². The van der Waals surface area contributed by atoms with Crippen LogP contribution in [-0.4, -0.2) is 25.5 Å². The van der Waals surface area contributed by atoms with Gasteiger partial charge in [-0.2, -0.15) is 0 Å². The quantitative estimate of drug-likeness (QED) is 0.525. The lowest BCUT2D eigenvalue weighted by atomic mass is 10.0. The van der Waals surface area contributed by atoms with Gasteiger partial charge in [-0.3, -0.25) is 9.78 Å². The van der Waals surface area contributed by atoms with E-state index >= 15 is 0 Å². The third kappa shape index (κ3) is 4.88. The molecule has 29 heavy (non-hydrogen) atoms. The predicted molar refractivity (Wildman–Crippen MR) is 117 cm³/mol. The van der Waals surface area contributed by atoms with Gasteiger partial charge in [-0.25, -0.2) is 4.39 Å². The molecule has 0 atom stereocenters. The van der Waals surface area contributed by atoms with Crippen molar-refractivity contribution >= 4 is 23.9 Å². The zero-order chi connectivity index (χ0) is 20.8. The Morgan fingerprint density at radius 2 is 1.69 bits per heavy atom. The van der Waals surface area contributed by atoms with E-state index in [9.17, 15) is 9.18 Å². The van der Waals surface area contributed by atoms with Gasteiger partial charge in [0.2, 0.25) is 6.41 Å².